The summed E-state index contributed by atoms with van der Waals surface area (Å²) in [6.45, 7) is 3.35. The summed E-state index contributed by atoms with van der Waals surface area (Å²) in [5.74, 6) is -1.48. The van der Waals surface area contributed by atoms with Crippen molar-refractivity contribution < 1.29 is 38.8 Å². The van der Waals surface area contributed by atoms with Crippen LogP contribution in [0.4, 0.5) is 0 Å². The van der Waals surface area contributed by atoms with E-state index in [9.17, 15) is 24.6 Å². The molecular formula is C22H20O8. The van der Waals surface area contributed by atoms with E-state index in [1.54, 1.807) is 19.9 Å². The summed E-state index contributed by atoms with van der Waals surface area (Å²) in [5.41, 5.74) is 0.477. The van der Waals surface area contributed by atoms with Crippen molar-refractivity contribution in [3.05, 3.63) is 46.0 Å². The summed E-state index contributed by atoms with van der Waals surface area (Å²) in [6, 6.07) is 2.86. The molecule has 5 rings (SSSR count). The number of esters is 1. The monoisotopic (exact) mass is 412 g/mol. The van der Waals surface area contributed by atoms with E-state index in [4.69, 9.17) is 14.2 Å². The number of hydrogen-bond donors (Lipinski definition) is 2. The molecule has 0 amide bonds. The van der Waals surface area contributed by atoms with Crippen LogP contribution in [0.5, 0.6) is 5.75 Å². The fraction of sp³-hybridized carbons (Fsp3) is 0.409. The first kappa shape index (κ1) is 19.0. The molecule has 2 N–H and O–H groups in total. The molecule has 8 nitrogen and oxygen atoms in total. The Hall–Kier alpha value is -2.97. The van der Waals surface area contributed by atoms with E-state index in [-0.39, 0.29) is 34.4 Å². The van der Waals surface area contributed by atoms with Crippen molar-refractivity contribution in [1.82, 2.24) is 0 Å². The maximum absolute atomic E-state index is 13.7. The molecule has 156 valence electrons. The van der Waals surface area contributed by atoms with Crippen molar-refractivity contribution >= 4 is 23.3 Å². The van der Waals surface area contributed by atoms with Crippen LogP contribution < -0.4 is 0 Å². The van der Waals surface area contributed by atoms with Crippen molar-refractivity contribution in [2.24, 2.45) is 0 Å². The van der Waals surface area contributed by atoms with E-state index in [1.165, 1.54) is 12.1 Å². The van der Waals surface area contributed by atoms with Gasteiger partial charge in [-0.2, -0.15) is 0 Å². The summed E-state index contributed by atoms with van der Waals surface area (Å²) in [6.07, 6.45) is -1.49. The minimum absolute atomic E-state index is 0.0106. The van der Waals surface area contributed by atoms with Crippen molar-refractivity contribution in [3.63, 3.8) is 0 Å². The molecule has 30 heavy (non-hydrogen) atoms. The molecule has 8 heteroatoms. The number of carbonyl (C=O) groups is 3. The number of rotatable bonds is 1. The third-order valence-corrected chi connectivity index (χ3v) is 6.12. The van der Waals surface area contributed by atoms with Gasteiger partial charge in [-0.25, -0.2) is 0 Å². The van der Waals surface area contributed by atoms with E-state index in [1.807, 2.05) is 0 Å². The molecule has 0 radical (unpaired) electrons. The molecule has 0 bridgehead atoms. The van der Waals surface area contributed by atoms with Crippen molar-refractivity contribution in [2.45, 2.75) is 57.2 Å². The lowest BCUT2D eigenvalue weighted by Crippen LogP contribution is -2.44. The number of phenolic OH excluding ortho intramolecular Hbond substituents is 1. The number of Topliss-reactive ketones (excluding diaryl/α,β-unsaturated/α-hetero) is 2. The van der Waals surface area contributed by atoms with Gasteiger partial charge in [0.15, 0.2) is 17.7 Å². The average molecular weight is 412 g/mol. The number of aliphatic hydroxyl groups excluding tert-OH is 1. The number of benzene rings is 1. The van der Waals surface area contributed by atoms with Crippen LogP contribution in [0, 0.1) is 0 Å². The largest absolute Gasteiger partial charge is 0.507 e. The maximum Gasteiger partial charge on any atom is 0.309 e. The van der Waals surface area contributed by atoms with Crippen LogP contribution in [0.1, 0.15) is 53.0 Å². The molecule has 3 aliphatic heterocycles. The Morgan fingerprint density at radius 3 is 2.47 bits per heavy atom. The van der Waals surface area contributed by atoms with Crippen LogP contribution in [0.2, 0.25) is 0 Å². The Kier molecular flexibility index (Phi) is 4.13. The van der Waals surface area contributed by atoms with Gasteiger partial charge < -0.3 is 24.4 Å². The van der Waals surface area contributed by atoms with Gasteiger partial charge in [0.2, 0.25) is 0 Å². The molecule has 0 spiro atoms. The Labute approximate surface area is 171 Å². The van der Waals surface area contributed by atoms with Gasteiger partial charge >= 0.3 is 5.97 Å². The zero-order chi connectivity index (χ0) is 21.3. The minimum atomic E-state index is -0.953. The lowest BCUT2D eigenvalue weighted by molar-refractivity contribution is -0.140. The highest BCUT2D eigenvalue weighted by Crippen LogP contribution is 2.44. The van der Waals surface area contributed by atoms with E-state index >= 15 is 0 Å². The molecule has 5 unspecified atom stereocenters. The van der Waals surface area contributed by atoms with Gasteiger partial charge in [-0.3, -0.25) is 14.4 Å². The minimum Gasteiger partial charge on any atom is -0.507 e. The van der Waals surface area contributed by atoms with Crippen LogP contribution in [0.25, 0.3) is 5.76 Å². The molecule has 5 atom stereocenters. The number of fused-ring (bicyclic) bond motifs is 3. The van der Waals surface area contributed by atoms with Gasteiger partial charge in [0.25, 0.3) is 0 Å². The zero-order valence-electron chi connectivity index (χ0n) is 16.4. The summed E-state index contributed by atoms with van der Waals surface area (Å²) in [7, 11) is 0. The van der Waals surface area contributed by atoms with E-state index in [0.29, 0.717) is 17.7 Å². The second kappa shape index (κ2) is 6.52. The van der Waals surface area contributed by atoms with Gasteiger partial charge in [-0.15, -0.1) is 0 Å². The summed E-state index contributed by atoms with van der Waals surface area (Å²) in [4.78, 5) is 38.9. The third-order valence-electron chi connectivity index (χ3n) is 6.12. The van der Waals surface area contributed by atoms with Crippen LogP contribution in [-0.2, 0) is 19.0 Å². The topological polar surface area (TPSA) is 119 Å². The number of hydrogen-bond acceptors (Lipinski definition) is 8. The highest BCUT2D eigenvalue weighted by molar-refractivity contribution is 6.30. The second-order valence-corrected chi connectivity index (χ2v) is 7.99. The number of ether oxygens (including phenoxy) is 3. The number of ketones is 2. The van der Waals surface area contributed by atoms with E-state index in [0.717, 1.165) is 0 Å². The number of phenols is 1. The highest BCUT2D eigenvalue weighted by Gasteiger charge is 2.52. The predicted molar refractivity (Wildman–Crippen MR) is 102 cm³/mol. The standard InChI is InChI=1S/C22H20O8/c1-8-11(23)5-6-13(28-8)10-3-4-12(24)18-17(10)21(27)19-16(20(18)26)9(2)29-14-7-15(25)30-22(14)19/h3-4,6,8-9,11,14,22-24H,5,7H2,1-2H3. The summed E-state index contributed by atoms with van der Waals surface area (Å²) < 4.78 is 16.9. The van der Waals surface area contributed by atoms with Crippen LogP contribution in [-0.4, -0.2) is 58.3 Å². The van der Waals surface area contributed by atoms with Crippen LogP contribution >= 0.6 is 0 Å². The third kappa shape index (κ3) is 2.57. The molecule has 1 aromatic rings. The molecule has 1 aromatic carbocycles. The maximum atomic E-state index is 13.7. The first-order chi connectivity index (χ1) is 14.3. The fourth-order valence-corrected chi connectivity index (χ4v) is 4.61. The molecule has 3 heterocycles. The molecule has 4 aliphatic rings. The average Bonchev–Trinajstić information content (AvgIpc) is 3.07. The molecule has 0 saturated carbocycles. The van der Waals surface area contributed by atoms with Crippen molar-refractivity contribution in [3.8, 4) is 5.75 Å². The summed E-state index contributed by atoms with van der Waals surface area (Å²) >= 11 is 0. The van der Waals surface area contributed by atoms with Gasteiger partial charge in [-0.1, -0.05) is 0 Å². The fourth-order valence-electron chi connectivity index (χ4n) is 4.61. The second-order valence-electron chi connectivity index (χ2n) is 7.99. The zero-order valence-corrected chi connectivity index (χ0v) is 16.4. The quantitative estimate of drug-likeness (QED) is 0.669. The van der Waals surface area contributed by atoms with Gasteiger partial charge in [-0.05, 0) is 38.5 Å². The van der Waals surface area contributed by atoms with Crippen LogP contribution in [0.3, 0.4) is 0 Å². The van der Waals surface area contributed by atoms with Crippen molar-refractivity contribution in [1.29, 1.82) is 0 Å². The lowest BCUT2D eigenvalue weighted by Gasteiger charge is -2.36. The van der Waals surface area contributed by atoms with Crippen molar-refractivity contribution in [2.75, 3.05) is 0 Å². The number of carbonyl (C=O) groups excluding carboxylic acids is 3. The molecule has 1 aliphatic carbocycles. The predicted octanol–water partition coefficient (Wildman–Crippen LogP) is 1.68. The van der Waals surface area contributed by atoms with E-state index < -0.39 is 48.1 Å². The Morgan fingerprint density at radius 2 is 1.73 bits per heavy atom. The van der Waals surface area contributed by atoms with E-state index in [2.05, 4.69) is 0 Å². The summed E-state index contributed by atoms with van der Waals surface area (Å²) in [5, 5.41) is 20.4. The first-order valence-electron chi connectivity index (χ1n) is 9.87. The van der Waals surface area contributed by atoms with Gasteiger partial charge in [0.1, 0.15) is 23.7 Å². The van der Waals surface area contributed by atoms with Gasteiger partial charge in [0, 0.05) is 16.7 Å². The Balaban J connectivity index is 1.70. The molecule has 1 fully saturated rings. The number of aromatic hydroxyl groups is 1. The SMILES string of the molecule is CC1OC2CC(=O)OC2C2=C1C(=O)c1c(O)ccc(C3=CCC(O)C(C)O3)c1C2=O. The normalized spacial score (nSPS) is 32.7. The lowest BCUT2D eigenvalue weighted by atomic mass is 9.75. The Morgan fingerprint density at radius 1 is 1.00 bits per heavy atom. The highest BCUT2D eigenvalue weighted by atomic mass is 16.6. The molecular weight excluding hydrogens is 392 g/mol. The number of aliphatic hydroxyl groups is 1. The first-order valence-corrected chi connectivity index (χ1v) is 9.87. The smallest absolute Gasteiger partial charge is 0.309 e. The molecule has 1 saturated heterocycles. The Bertz CT molecular complexity index is 1070. The van der Waals surface area contributed by atoms with Gasteiger partial charge in [0.05, 0.1) is 29.8 Å². The molecule has 0 aromatic heterocycles. The van der Waals surface area contributed by atoms with Crippen LogP contribution in [0.15, 0.2) is 29.4 Å².